The highest BCUT2D eigenvalue weighted by Crippen LogP contribution is 2.33. The highest BCUT2D eigenvalue weighted by atomic mass is 79.9. The van der Waals surface area contributed by atoms with Gasteiger partial charge in [-0.1, -0.05) is 0 Å². The predicted octanol–water partition coefficient (Wildman–Crippen LogP) is 3.09. The number of nitrogens with zero attached hydrogens (tertiary/aromatic N) is 2. The third-order valence-corrected chi connectivity index (χ3v) is 3.81. The Morgan fingerprint density at radius 1 is 1.37 bits per heavy atom. The van der Waals surface area contributed by atoms with Crippen molar-refractivity contribution in [2.45, 2.75) is 6.92 Å². The fourth-order valence-corrected chi connectivity index (χ4v) is 3.14. The molecule has 2 rings (SSSR count). The van der Waals surface area contributed by atoms with E-state index in [0.29, 0.717) is 31.6 Å². The maximum Gasteiger partial charge on any atom is 0.259 e. The van der Waals surface area contributed by atoms with Gasteiger partial charge in [-0.3, -0.25) is 9.48 Å². The molecule has 1 heterocycles. The summed E-state index contributed by atoms with van der Waals surface area (Å²) in [5.41, 5.74) is 8.18. The van der Waals surface area contributed by atoms with Crippen LogP contribution < -0.4 is 11.1 Å². The van der Waals surface area contributed by atoms with Gasteiger partial charge >= 0.3 is 0 Å². The van der Waals surface area contributed by atoms with Crippen LogP contribution in [0.3, 0.4) is 0 Å². The first-order chi connectivity index (χ1) is 8.88. The molecule has 100 valence electrons. The molecule has 7 heteroatoms. The zero-order valence-corrected chi connectivity index (χ0v) is 13.5. The van der Waals surface area contributed by atoms with Crippen molar-refractivity contribution in [1.29, 1.82) is 0 Å². The van der Waals surface area contributed by atoms with E-state index in [1.165, 1.54) is 0 Å². The number of nitrogen functional groups attached to an aromatic ring is 1. The number of benzene rings is 1. The van der Waals surface area contributed by atoms with E-state index < -0.39 is 0 Å². The normalized spacial score (nSPS) is 10.5. The Kier molecular flexibility index (Phi) is 3.96. The number of hydrogen-bond donors (Lipinski definition) is 2. The maximum absolute atomic E-state index is 12.2. The van der Waals surface area contributed by atoms with Crippen molar-refractivity contribution in [3.8, 4) is 0 Å². The second kappa shape index (κ2) is 5.34. The molecule has 0 aliphatic heterocycles. The molecule has 0 aliphatic carbocycles. The number of halogens is 2. The van der Waals surface area contributed by atoms with Crippen LogP contribution in [0.2, 0.25) is 0 Å². The summed E-state index contributed by atoms with van der Waals surface area (Å²) in [6.07, 6.45) is 1.68. The van der Waals surface area contributed by atoms with Crippen molar-refractivity contribution in [2.24, 2.45) is 7.05 Å². The Morgan fingerprint density at radius 2 is 1.95 bits per heavy atom. The lowest BCUT2D eigenvalue weighted by atomic mass is 10.2. The molecule has 1 amide bonds. The number of anilines is 2. The molecule has 0 unspecified atom stereocenters. The first kappa shape index (κ1) is 14.1. The molecule has 0 radical (unpaired) electrons. The molecule has 0 fully saturated rings. The molecule has 0 saturated heterocycles. The maximum atomic E-state index is 12.2. The van der Waals surface area contributed by atoms with Crippen LogP contribution in [0.15, 0.2) is 27.3 Å². The van der Waals surface area contributed by atoms with Crippen molar-refractivity contribution < 1.29 is 4.79 Å². The van der Waals surface area contributed by atoms with E-state index in [-0.39, 0.29) is 5.91 Å². The minimum absolute atomic E-state index is 0.211. The van der Waals surface area contributed by atoms with Gasteiger partial charge in [0.05, 0.1) is 16.9 Å². The number of nitrogens with one attached hydrogen (secondary N) is 1. The summed E-state index contributed by atoms with van der Waals surface area (Å²) >= 11 is 6.75. The molecule has 0 aliphatic rings. The Hall–Kier alpha value is -1.34. The van der Waals surface area contributed by atoms with Gasteiger partial charge in [-0.15, -0.1) is 0 Å². The minimum Gasteiger partial charge on any atom is -0.399 e. The molecule has 0 atom stereocenters. The van der Waals surface area contributed by atoms with E-state index in [0.717, 1.165) is 0 Å². The summed E-state index contributed by atoms with van der Waals surface area (Å²) in [5, 5.41) is 6.98. The lowest BCUT2D eigenvalue weighted by Crippen LogP contribution is -2.13. The SMILES string of the molecule is Cc1nn(C)cc1C(=O)Nc1c(Br)cc(N)cc1Br. The monoisotopic (exact) mass is 386 g/mol. The quantitative estimate of drug-likeness (QED) is 0.777. The number of carbonyl (C=O) groups is 1. The van der Waals surface area contributed by atoms with E-state index >= 15 is 0 Å². The molecular formula is C12H12Br2N4O. The van der Waals surface area contributed by atoms with Crippen LogP contribution in [-0.2, 0) is 7.05 Å². The van der Waals surface area contributed by atoms with Crippen LogP contribution in [0.1, 0.15) is 16.1 Å². The smallest absolute Gasteiger partial charge is 0.259 e. The van der Waals surface area contributed by atoms with E-state index in [9.17, 15) is 4.79 Å². The Morgan fingerprint density at radius 3 is 2.42 bits per heavy atom. The Bertz CT molecular complexity index is 628. The highest BCUT2D eigenvalue weighted by Gasteiger charge is 2.15. The van der Waals surface area contributed by atoms with E-state index in [2.05, 4.69) is 42.3 Å². The van der Waals surface area contributed by atoms with Crippen LogP contribution in [0, 0.1) is 6.92 Å². The molecule has 0 bridgehead atoms. The summed E-state index contributed by atoms with van der Waals surface area (Å²) in [6, 6.07) is 3.47. The summed E-state index contributed by atoms with van der Waals surface area (Å²) in [7, 11) is 1.78. The highest BCUT2D eigenvalue weighted by molar-refractivity contribution is 9.11. The first-order valence-corrected chi connectivity index (χ1v) is 7.03. The van der Waals surface area contributed by atoms with Gasteiger partial charge in [0.25, 0.3) is 5.91 Å². The van der Waals surface area contributed by atoms with Gasteiger partial charge < -0.3 is 11.1 Å². The van der Waals surface area contributed by atoms with Crippen molar-refractivity contribution >= 4 is 49.1 Å². The van der Waals surface area contributed by atoms with E-state index in [4.69, 9.17) is 5.73 Å². The second-order valence-corrected chi connectivity index (χ2v) is 5.82. The standard InChI is InChI=1S/C12H12Br2N4O/c1-6-8(5-18(2)17-6)12(19)16-11-9(13)3-7(15)4-10(11)14/h3-5H,15H2,1-2H3,(H,16,19). The van der Waals surface area contributed by atoms with Crippen molar-refractivity contribution in [1.82, 2.24) is 9.78 Å². The molecule has 1 aromatic carbocycles. The molecule has 3 N–H and O–H groups in total. The number of nitrogens with two attached hydrogens (primary N) is 1. The number of hydrogen-bond acceptors (Lipinski definition) is 3. The molecule has 1 aromatic heterocycles. The third kappa shape index (κ3) is 2.98. The molecule has 5 nitrogen and oxygen atoms in total. The van der Waals surface area contributed by atoms with Gasteiger partial charge in [0.1, 0.15) is 0 Å². The van der Waals surface area contributed by atoms with Crippen molar-refractivity contribution in [3.05, 3.63) is 38.5 Å². The topological polar surface area (TPSA) is 72.9 Å². The van der Waals surface area contributed by atoms with Gasteiger partial charge in [0, 0.05) is 27.9 Å². The third-order valence-electron chi connectivity index (χ3n) is 2.56. The second-order valence-electron chi connectivity index (χ2n) is 4.12. The molecule has 19 heavy (non-hydrogen) atoms. The summed E-state index contributed by atoms with van der Waals surface area (Å²) < 4.78 is 3.04. The van der Waals surface area contributed by atoms with Gasteiger partial charge in [0.15, 0.2) is 0 Å². The number of carbonyl (C=O) groups excluding carboxylic acids is 1. The number of aromatic nitrogens is 2. The van der Waals surface area contributed by atoms with E-state index in [1.54, 1.807) is 37.0 Å². The van der Waals surface area contributed by atoms with Gasteiger partial charge in [0.2, 0.25) is 0 Å². The molecule has 0 spiro atoms. The van der Waals surface area contributed by atoms with E-state index in [1.807, 2.05) is 0 Å². The molecule has 2 aromatic rings. The summed E-state index contributed by atoms with van der Waals surface area (Å²) in [5.74, 6) is -0.211. The first-order valence-electron chi connectivity index (χ1n) is 5.44. The summed E-state index contributed by atoms with van der Waals surface area (Å²) in [4.78, 5) is 12.2. The summed E-state index contributed by atoms with van der Waals surface area (Å²) in [6.45, 7) is 1.79. The minimum atomic E-state index is -0.211. The lowest BCUT2D eigenvalue weighted by molar-refractivity contribution is 0.102. The molecule has 0 saturated carbocycles. The Balaban J connectivity index is 2.32. The zero-order valence-electron chi connectivity index (χ0n) is 10.4. The fourth-order valence-electron chi connectivity index (χ4n) is 1.72. The Labute approximate surface area is 127 Å². The number of rotatable bonds is 2. The van der Waals surface area contributed by atoms with Gasteiger partial charge in [-0.25, -0.2) is 0 Å². The van der Waals surface area contributed by atoms with Crippen LogP contribution in [0.5, 0.6) is 0 Å². The molecular weight excluding hydrogens is 376 g/mol. The van der Waals surface area contributed by atoms with Crippen LogP contribution in [0.25, 0.3) is 0 Å². The zero-order chi connectivity index (χ0) is 14.2. The van der Waals surface area contributed by atoms with Crippen LogP contribution in [0.4, 0.5) is 11.4 Å². The lowest BCUT2D eigenvalue weighted by Gasteiger charge is -2.10. The van der Waals surface area contributed by atoms with Crippen molar-refractivity contribution in [2.75, 3.05) is 11.1 Å². The van der Waals surface area contributed by atoms with Crippen LogP contribution in [-0.4, -0.2) is 15.7 Å². The predicted molar refractivity (Wildman–Crippen MR) is 82.2 cm³/mol. The average molecular weight is 388 g/mol. The van der Waals surface area contributed by atoms with Crippen LogP contribution >= 0.6 is 31.9 Å². The fraction of sp³-hybridized carbons (Fsp3) is 0.167. The number of amides is 1. The van der Waals surface area contributed by atoms with Crippen molar-refractivity contribution in [3.63, 3.8) is 0 Å². The largest absolute Gasteiger partial charge is 0.399 e. The van der Waals surface area contributed by atoms with Gasteiger partial charge in [-0.05, 0) is 50.9 Å². The average Bonchev–Trinajstić information content (AvgIpc) is 2.62. The van der Waals surface area contributed by atoms with Gasteiger partial charge in [-0.2, -0.15) is 5.10 Å². The number of aryl methyl sites for hydroxylation is 2.